The molecule has 35 valence electrons. The molecule has 0 heterocycles. The number of halogens is 1. The van der Waals surface area contributed by atoms with E-state index >= 15 is 0 Å². The molecule has 0 nitrogen and oxygen atoms in total. The minimum absolute atomic E-state index is 0. The molecule has 0 fully saturated rings. The molecule has 1 radical (unpaired) electrons. The van der Waals surface area contributed by atoms with Gasteiger partial charge in [0.15, 0.2) is 0 Å². The second-order valence-corrected chi connectivity index (χ2v) is 0. The van der Waals surface area contributed by atoms with Crippen molar-refractivity contribution in [1.82, 2.24) is 0 Å². The molecule has 0 aromatic heterocycles. The summed E-state index contributed by atoms with van der Waals surface area (Å²) in [7, 11) is 0. The van der Waals surface area contributed by atoms with Crippen molar-refractivity contribution in [1.29, 1.82) is 0 Å². The number of rotatable bonds is 0. The molecule has 0 rings (SSSR count). The maximum Gasteiger partial charge on any atom is 0 e. The van der Waals surface area contributed by atoms with Gasteiger partial charge < -0.3 is 14.9 Å². The average molecular weight is 266 g/mol. The number of hydrogen-bond acceptors (Lipinski definition) is 0. The van der Waals surface area contributed by atoms with Crippen LogP contribution in [-0.2, 0) is 22.4 Å². The fourth-order valence-electron chi connectivity index (χ4n) is 0. The van der Waals surface area contributed by atoms with Gasteiger partial charge in [-0.25, -0.2) is 0 Å². The van der Waals surface area contributed by atoms with Gasteiger partial charge in [0.1, 0.15) is 0 Å². The smallest absolute Gasteiger partial charge is 0 e. The Kier molecular flexibility index (Phi) is 315. The Morgan fingerprint density at radius 3 is 0.750 bits per heavy atom. The van der Waals surface area contributed by atoms with Crippen LogP contribution in [0.2, 0.25) is 0 Å². The molecule has 0 aliphatic heterocycles. The van der Waals surface area contributed by atoms with Crippen molar-refractivity contribution in [2.45, 2.75) is 0 Å². The van der Waals surface area contributed by atoms with Gasteiger partial charge in [-0.05, 0) is 0 Å². The molecular weight excluding hydrogens is 259 g/mol. The largest absolute Gasteiger partial charge is 0.358 e. The Balaban J connectivity index is 0. The van der Waals surface area contributed by atoms with E-state index in [-0.39, 0.29) is 61.2 Å². The van der Waals surface area contributed by atoms with E-state index in [9.17, 15) is 0 Å². The summed E-state index contributed by atoms with van der Waals surface area (Å²) in [5.41, 5.74) is 0. The van der Waals surface area contributed by atoms with Crippen molar-refractivity contribution in [2.24, 2.45) is 0 Å². The van der Waals surface area contributed by atoms with Gasteiger partial charge in [0, 0.05) is 22.4 Å². The molecule has 0 N–H and O–H groups in total. The van der Waals surface area contributed by atoms with E-state index in [1.165, 1.54) is 0 Å². The second kappa shape index (κ2) is 24.9. The predicted molar refractivity (Wildman–Crippen MR) is 28.2 cm³/mol. The molecule has 0 aliphatic carbocycles. The van der Waals surface area contributed by atoms with Gasteiger partial charge in [0.05, 0.1) is 0 Å². The molecule has 0 aromatic rings. The molecule has 2 heteroatoms. The zero-order chi connectivity index (χ0) is 0. The summed E-state index contributed by atoms with van der Waals surface area (Å²) in [6.45, 7) is 0. The fraction of sp³-hybridized carbons (Fsp3) is 0. The Morgan fingerprint density at radius 2 is 0.750 bits per heavy atom. The van der Waals surface area contributed by atoms with E-state index in [4.69, 9.17) is 0 Å². The van der Waals surface area contributed by atoms with Crippen LogP contribution in [0.25, 0.3) is 0 Å². The molecule has 0 spiro atoms. The molecule has 0 aromatic carbocycles. The van der Waals surface area contributed by atoms with Crippen molar-refractivity contribution in [3.05, 3.63) is 14.9 Å². The summed E-state index contributed by atoms with van der Waals surface area (Å²) < 4.78 is 0. The zero-order valence-electron chi connectivity index (χ0n) is 2.71. The van der Waals surface area contributed by atoms with E-state index in [2.05, 4.69) is 0 Å². The molecule has 0 aliphatic rings. The van der Waals surface area contributed by atoms with Gasteiger partial charge in [0.25, 0.3) is 0 Å². The van der Waals surface area contributed by atoms with Gasteiger partial charge >= 0.3 is 0 Å². The topological polar surface area (TPSA) is 0 Å². The predicted octanol–water partition coefficient (Wildman–Crippen LogP) is 1.52. The first-order valence-corrected chi connectivity index (χ1v) is 0. The summed E-state index contributed by atoms with van der Waals surface area (Å²) in [4.78, 5) is 0. The minimum atomic E-state index is 0. The Labute approximate surface area is 60.9 Å². The van der Waals surface area contributed by atoms with Crippen LogP contribution in [0.15, 0.2) is 0 Å². The van der Waals surface area contributed by atoms with Gasteiger partial charge in [-0.1, -0.05) is 0 Å². The van der Waals surface area contributed by atoms with E-state index in [0.29, 0.717) is 0 Å². The van der Waals surface area contributed by atoms with E-state index in [1.54, 1.807) is 0 Å². The molecular formula is C2H7AgI-2. The first kappa shape index (κ1) is 50.6. The monoisotopic (exact) mass is 265 g/mol. The minimum Gasteiger partial charge on any atom is -0.358 e. The van der Waals surface area contributed by atoms with Crippen LogP contribution in [0.1, 0.15) is 0 Å². The first-order chi connectivity index (χ1) is 0. The zero-order valence-corrected chi connectivity index (χ0v) is 6.52. The van der Waals surface area contributed by atoms with E-state index in [1.807, 2.05) is 0 Å². The van der Waals surface area contributed by atoms with Crippen molar-refractivity contribution in [2.75, 3.05) is 0 Å². The molecule has 0 amide bonds. The van der Waals surface area contributed by atoms with Crippen LogP contribution in [-0.4, -0.2) is 0 Å². The van der Waals surface area contributed by atoms with Crippen LogP contribution in [0, 0.1) is 14.9 Å². The van der Waals surface area contributed by atoms with E-state index < -0.39 is 0 Å². The van der Waals surface area contributed by atoms with Gasteiger partial charge in [-0.15, -0.1) is 24.0 Å². The average Bonchev–Trinajstić information content (AvgIpc) is 0. The Bertz CT molecular complexity index is 6.00. The van der Waals surface area contributed by atoms with E-state index in [0.717, 1.165) is 0 Å². The summed E-state index contributed by atoms with van der Waals surface area (Å²) in [6, 6.07) is 0. The maximum absolute atomic E-state index is 0. The third-order valence-electron chi connectivity index (χ3n) is 0. The fourth-order valence-corrected chi connectivity index (χ4v) is 0. The SMILES string of the molecule is I.[Ag].[CH3-].[CH3-]. The van der Waals surface area contributed by atoms with Crippen molar-refractivity contribution < 1.29 is 22.4 Å². The quantitative estimate of drug-likeness (QED) is 0.354. The maximum atomic E-state index is 0. The second-order valence-electron chi connectivity index (χ2n) is 0. The van der Waals surface area contributed by atoms with Gasteiger partial charge in [0.2, 0.25) is 0 Å². The van der Waals surface area contributed by atoms with Crippen LogP contribution < -0.4 is 0 Å². The molecule has 0 atom stereocenters. The molecule has 4 heavy (non-hydrogen) atoms. The van der Waals surface area contributed by atoms with Crippen LogP contribution in [0.4, 0.5) is 0 Å². The van der Waals surface area contributed by atoms with Crippen molar-refractivity contribution >= 4 is 24.0 Å². The van der Waals surface area contributed by atoms with Gasteiger partial charge in [-0.2, -0.15) is 0 Å². The molecule has 0 saturated heterocycles. The van der Waals surface area contributed by atoms with Crippen molar-refractivity contribution in [3.8, 4) is 0 Å². The van der Waals surface area contributed by atoms with Gasteiger partial charge in [-0.3, -0.25) is 0 Å². The third-order valence-corrected chi connectivity index (χ3v) is 0. The first-order valence-electron chi connectivity index (χ1n) is 0. The molecule has 0 bridgehead atoms. The summed E-state index contributed by atoms with van der Waals surface area (Å²) in [6.07, 6.45) is 0. The molecule has 0 saturated carbocycles. The van der Waals surface area contributed by atoms with Crippen LogP contribution in [0.3, 0.4) is 0 Å². The molecule has 0 unspecified atom stereocenters. The Hall–Kier alpha value is 1.47. The van der Waals surface area contributed by atoms with Crippen LogP contribution in [0.5, 0.6) is 0 Å². The third kappa shape index (κ3) is 9.80. The summed E-state index contributed by atoms with van der Waals surface area (Å²) >= 11 is 0. The normalized spacial score (nSPS) is 0. The van der Waals surface area contributed by atoms with Crippen molar-refractivity contribution in [3.63, 3.8) is 0 Å². The number of hydrogen-bond donors (Lipinski definition) is 0. The Morgan fingerprint density at radius 1 is 0.750 bits per heavy atom. The standard InChI is InChI=1S/2CH3.Ag.HI/h2*1H3;;1H/q2*-1;;. The van der Waals surface area contributed by atoms with Crippen LogP contribution >= 0.6 is 24.0 Å². The summed E-state index contributed by atoms with van der Waals surface area (Å²) in [5, 5.41) is 0. The summed E-state index contributed by atoms with van der Waals surface area (Å²) in [5.74, 6) is 0.